The Labute approximate surface area is 277 Å². The van der Waals surface area contributed by atoms with E-state index in [1.807, 2.05) is 95.5 Å². The standard InChI is InChI=1S/C35H31AsN7O2S/c1-2-41-17-18-42(31(45)23-41)28-13-11-26(12-14-28)36-34-37-16-15-29(39-34)33-32(40-35-43(33)19-20-46-35)25-9-6-10-27(22-25)38-30(44)21-24-7-4-3-5-8-24/h3-16,19-20,22H,2,17-18,21,23H2,1H3,(H,38,44). The van der Waals surface area contributed by atoms with E-state index in [2.05, 4.69) is 38.7 Å². The molecule has 9 nitrogen and oxygen atoms in total. The molecule has 2 amide bonds. The number of anilines is 2. The van der Waals surface area contributed by atoms with Gasteiger partial charge in [-0.25, -0.2) is 0 Å². The Hall–Kier alpha value is -4.63. The van der Waals surface area contributed by atoms with Crippen molar-refractivity contribution in [1.82, 2.24) is 24.3 Å². The third kappa shape index (κ3) is 6.51. The Morgan fingerprint density at radius 3 is 2.63 bits per heavy atom. The molecule has 0 atom stereocenters. The molecule has 0 saturated carbocycles. The van der Waals surface area contributed by atoms with E-state index < -0.39 is 15.8 Å². The van der Waals surface area contributed by atoms with Gasteiger partial charge < -0.3 is 0 Å². The van der Waals surface area contributed by atoms with Gasteiger partial charge in [-0.2, -0.15) is 0 Å². The number of imidazole rings is 1. The summed E-state index contributed by atoms with van der Waals surface area (Å²) in [7, 11) is 0. The molecule has 1 radical (unpaired) electrons. The fourth-order valence-electron chi connectivity index (χ4n) is 5.58. The Bertz CT molecular complexity index is 2010. The first-order valence-electron chi connectivity index (χ1n) is 15.1. The average molecular weight is 689 g/mol. The van der Waals surface area contributed by atoms with Crippen LogP contribution in [-0.2, 0) is 16.0 Å². The van der Waals surface area contributed by atoms with E-state index >= 15 is 0 Å². The second-order valence-corrected chi connectivity index (χ2v) is 14.2. The van der Waals surface area contributed by atoms with E-state index in [-0.39, 0.29) is 11.8 Å². The van der Waals surface area contributed by atoms with Gasteiger partial charge in [0.05, 0.1) is 0 Å². The van der Waals surface area contributed by atoms with Crippen molar-refractivity contribution in [2.24, 2.45) is 0 Å². The van der Waals surface area contributed by atoms with E-state index in [1.165, 1.54) is 0 Å². The van der Waals surface area contributed by atoms with Crippen molar-refractivity contribution in [1.29, 1.82) is 0 Å². The molecule has 229 valence electrons. The molecule has 6 aromatic rings. The summed E-state index contributed by atoms with van der Waals surface area (Å²) in [5, 5.41) is 5.05. The summed E-state index contributed by atoms with van der Waals surface area (Å²) in [6.07, 6.45) is 4.12. The first-order chi connectivity index (χ1) is 22.5. The number of thiazole rings is 1. The first kappa shape index (κ1) is 30.0. The fourth-order valence-corrected chi connectivity index (χ4v) is 8.00. The van der Waals surface area contributed by atoms with Crippen LogP contribution in [-0.4, -0.2) is 78.0 Å². The number of fused-ring (bicyclic) bond motifs is 1. The van der Waals surface area contributed by atoms with Crippen molar-refractivity contribution in [3.05, 3.63) is 108 Å². The van der Waals surface area contributed by atoms with E-state index in [9.17, 15) is 9.59 Å². The molecule has 0 bridgehead atoms. The van der Waals surface area contributed by atoms with Crippen molar-refractivity contribution in [2.45, 2.75) is 13.3 Å². The third-order valence-electron chi connectivity index (χ3n) is 7.91. The monoisotopic (exact) mass is 688 g/mol. The van der Waals surface area contributed by atoms with Crippen LogP contribution in [0.25, 0.3) is 27.6 Å². The normalized spacial score (nSPS) is 14.0. The molecular weight excluding hydrogens is 657 g/mol. The van der Waals surface area contributed by atoms with Crippen LogP contribution >= 0.6 is 11.3 Å². The van der Waals surface area contributed by atoms with E-state index in [1.54, 1.807) is 11.3 Å². The molecule has 4 heterocycles. The van der Waals surface area contributed by atoms with Crippen LogP contribution in [0.4, 0.5) is 11.4 Å². The Morgan fingerprint density at radius 1 is 0.978 bits per heavy atom. The SMILES string of the molecule is CCN1CCN(c2ccc([As]c3nccc(-c4c(-c5cccc(NC(=O)Cc6ccccc6)c5)nc5sccn45)n3)cc2)C(=O)C1. The van der Waals surface area contributed by atoms with Crippen molar-refractivity contribution in [3.63, 3.8) is 0 Å². The van der Waals surface area contributed by atoms with Crippen LogP contribution in [0, 0.1) is 0 Å². The number of rotatable bonds is 9. The van der Waals surface area contributed by atoms with Crippen LogP contribution in [0.2, 0.25) is 0 Å². The van der Waals surface area contributed by atoms with Gasteiger partial charge in [0.2, 0.25) is 0 Å². The van der Waals surface area contributed by atoms with Gasteiger partial charge >= 0.3 is 248 Å². The predicted molar refractivity (Wildman–Crippen MR) is 184 cm³/mol. The number of hydrogen-bond acceptors (Lipinski definition) is 7. The number of hydrogen-bond donors (Lipinski definition) is 1. The third-order valence-corrected chi connectivity index (χ3v) is 10.7. The van der Waals surface area contributed by atoms with Crippen molar-refractivity contribution in [3.8, 4) is 22.6 Å². The van der Waals surface area contributed by atoms with Gasteiger partial charge in [-0.1, -0.05) is 30.3 Å². The minimum atomic E-state index is -0.482. The Morgan fingerprint density at radius 2 is 1.83 bits per heavy atom. The van der Waals surface area contributed by atoms with Crippen LogP contribution in [0.5, 0.6) is 0 Å². The molecule has 46 heavy (non-hydrogen) atoms. The number of carbonyl (C=O) groups excluding carboxylic acids is 2. The van der Waals surface area contributed by atoms with Gasteiger partial charge in [0, 0.05) is 0 Å². The summed E-state index contributed by atoms with van der Waals surface area (Å²) in [5.41, 5.74) is 5.97. The van der Waals surface area contributed by atoms with Crippen molar-refractivity contribution >= 4 is 64.2 Å². The fraction of sp³-hybridized carbons (Fsp3) is 0.171. The predicted octanol–water partition coefficient (Wildman–Crippen LogP) is 4.02. The number of piperazine rings is 1. The molecular formula is C35H31AsN7O2S. The second kappa shape index (κ2) is 13.4. The van der Waals surface area contributed by atoms with Crippen LogP contribution in [0.3, 0.4) is 0 Å². The number of benzene rings is 3. The van der Waals surface area contributed by atoms with Gasteiger partial charge in [0.15, 0.2) is 0 Å². The number of nitrogens with zero attached hydrogens (tertiary/aromatic N) is 6. The van der Waals surface area contributed by atoms with Crippen LogP contribution in [0.1, 0.15) is 12.5 Å². The molecule has 3 aromatic carbocycles. The summed E-state index contributed by atoms with van der Waals surface area (Å²) >= 11 is 1.08. The number of amides is 2. The molecule has 1 aliphatic rings. The zero-order chi connectivity index (χ0) is 31.5. The number of nitrogens with one attached hydrogen (secondary N) is 1. The van der Waals surface area contributed by atoms with E-state index in [0.29, 0.717) is 25.2 Å². The van der Waals surface area contributed by atoms with Crippen LogP contribution < -0.4 is 19.2 Å². The first-order valence-corrected chi connectivity index (χ1v) is 17.9. The van der Waals surface area contributed by atoms with E-state index in [4.69, 9.17) is 9.97 Å². The molecule has 1 fully saturated rings. The molecule has 0 unspecified atom stereocenters. The van der Waals surface area contributed by atoms with E-state index in [0.717, 1.165) is 60.9 Å². The maximum atomic E-state index is 12.8. The Balaban J connectivity index is 1.12. The van der Waals surface area contributed by atoms with Gasteiger partial charge in [-0.15, -0.1) is 0 Å². The minimum absolute atomic E-state index is 0.0723. The second-order valence-electron chi connectivity index (χ2n) is 10.9. The van der Waals surface area contributed by atoms with Crippen LogP contribution in [0.15, 0.2) is 103 Å². The van der Waals surface area contributed by atoms with Gasteiger partial charge in [0.25, 0.3) is 0 Å². The molecule has 1 saturated heterocycles. The summed E-state index contributed by atoms with van der Waals surface area (Å²) in [6, 6.07) is 27.7. The number of aromatic nitrogens is 4. The summed E-state index contributed by atoms with van der Waals surface area (Å²) in [5.74, 6) is 0.0680. The summed E-state index contributed by atoms with van der Waals surface area (Å²) in [4.78, 5) is 45.0. The molecule has 0 spiro atoms. The average Bonchev–Trinajstić information content (AvgIpc) is 3.68. The molecule has 0 aliphatic carbocycles. The zero-order valence-electron chi connectivity index (χ0n) is 25.2. The maximum absolute atomic E-state index is 12.8. The van der Waals surface area contributed by atoms with Crippen molar-refractivity contribution in [2.75, 3.05) is 36.4 Å². The van der Waals surface area contributed by atoms with Gasteiger partial charge in [-0.3, -0.25) is 0 Å². The molecule has 1 N–H and O–H groups in total. The van der Waals surface area contributed by atoms with Gasteiger partial charge in [-0.05, 0) is 0 Å². The molecule has 11 heteroatoms. The zero-order valence-corrected chi connectivity index (χ0v) is 27.9. The molecule has 7 rings (SSSR count). The van der Waals surface area contributed by atoms with Gasteiger partial charge in [0.1, 0.15) is 0 Å². The molecule has 3 aromatic heterocycles. The number of likely N-dealkylation sites (N-methyl/N-ethyl adjacent to an activating group) is 1. The summed E-state index contributed by atoms with van der Waals surface area (Å²) in [6.45, 7) is 5.03. The van der Waals surface area contributed by atoms with Crippen molar-refractivity contribution < 1.29 is 9.59 Å². The summed E-state index contributed by atoms with van der Waals surface area (Å²) < 4.78 is 4.00. The molecule has 1 aliphatic heterocycles. The number of carbonyl (C=O) groups is 2. The Kier molecular flexibility index (Phi) is 8.74. The topological polar surface area (TPSA) is 95.7 Å². The quantitative estimate of drug-likeness (QED) is 0.231.